The third-order valence-corrected chi connectivity index (χ3v) is 17.6. The second kappa shape index (κ2) is 24.7. The van der Waals surface area contributed by atoms with Gasteiger partial charge in [0.1, 0.15) is 0 Å². The molecule has 16 heteroatoms. The number of hydrogen-bond donors (Lipinski definition) is 0. The van der Waals surface area contributed by atoms with Gasteiger partial charge in [-0.3, -0.25) is 0 Å². The minimum Gasteiger partial charge on any atom is -0.309 e. The minimum absolute atomic E-state index is 0.156. The van der Waals surface area contributed by atoms with E-state index >= 15 is 13.2 Å². The SMILES string of the molecule is [C-]#[N+]c1cc(C#N)cc(-c2ccc3c(c2)c2cc(-c4cc(C#N)cc([N+]#[C-])c4)ccc2n3-c2cc(-c3cccc(-n4c5ccc(-c6cc(C#N)cc([N+]#[C-])c6)cc5c5cc(-c6cc(C#N)cc([N+]#[C-])c6)ccc54)c3C(F)(F)F)ccc2-c2nc(-c3ccccc3)nc(-c3ccccc3)n2)c1. The Bertz CT molecular complexity index is 5930. The summed E-state index contributed by atoms with van der Waals surface area (Å²) < 4.78 is 54.9. The summed E-state index contributed by atoms with van der Waals surface area (Å²) in [7, 11) is 0. The lowest BCUT2D eigenvalue weighted by Crippen LogP contribution is -2.13. The third kappa shape index (κ3) is 10.9. The highest BCUT2D eigenvalue weighted by Crippen LogP contribution is 2.48. The highest BCUT2D eigenvalue weighted by atomic mass is 19.4. The Kier molecular flexibility index (Phi) is 15.1. The molecule has 0 radical (unpaired) electrons. The predicted octanol–water partition coefficient (Wildman–Crippen LogP) is 22.1. The molecular weight excluding hydrogens is 1250 g/mol. The van der Waals surface area contributed by atoms with E-state index in [0.29, 0.717) is 122 Å². The molecule has 13 nitrogen and oxygen atoms in total. The van der Waals surface area contributed by atoms with Crippen LogP contribution in [0.5, 0.6) is 0 Å². The number of alkyl halides is 3. The van der Waals surface area contributed by atoms with Crippen LogP contribution in [0, 0.1) is 71.6 Å². The predicted molar refractivity (Wildman–Crippen MR) is 381 cm³/mol. The Morgan fingerprint density at radius 3 is 0.980 bits per heavy atom. The number of aromatic nitrogens is 5. The van der Waals surface area contributed by atoms with Crippen molar-refractivity contribution in [3.8, 4) is 125 Å². The highest BCUT2D eigenvalue weighted by Gasteiger charge is 2.38. The van der Waals surface area contributed by atoms with Crippen LogP contribution in [-0.2, 0) is 6.18 Å². The Hall–Kier alpha value is -15.0. The van der Waals surface area contributed by atoms with Crippen LogP contribution < -0.4 is 0 Å². The Balaban J connectivity index is 1.02. The average Bonchev–Trinajstić information content (AvgIpc) is 1.51. The summed E-state index contributed by atoms with van der Waals surface area (Å²) >= 11 is 0. The van der Waals surface area contributed by atoms with E-state index in [4.69, 9.17) is 41.2 Å². The van der Waals surface area contributed by atoms with Crippen LogP contribution in [0.3, 0.4) is 0 Å². The third-order valence-electron chi connectivity index (χ3n) is 17.6. The van der Waals surface area contributed by atoms with Crippen LogP contribution in [0.15, 0.2) is 243 Å². The molecule has 3 aromatic heterocycles. The first-order chi connectivity index (χ1) is 48.7. The Morgan fingerprint density at radius 1 is 0.300 bits per heavy atom. The highest BCUT2D eigenvalue weighted by molar-refractivity contribution is 6.14. The molecule has 0 aliphatic rings. The van der Waals surface area contributed by atoms with Crippen LogP contribution in [0.2, 0.25) is 0 Å². The van der Waals surface area contributed by atoms with Crippen molar-refractivity contribution in [2.75, 3.05) is 0 Å². The molecule has 3 heterocycles. The van der Waals surface area contributed by atoms with Crippen LogP contribution in [0.25, 0.3) is 164 Å². The zero-order valence-corrected chi connectivity index (χ0v) is 52.0. The van der Waals surface area contributed by atoms with Crippen LogP contribution in [0.1, 0.15) is 27.8 Å². The number of rotatable bonds is 10. The largest absolute Gasteiger partial charge is 0.419 e. The molecule has 0 aliphatic heterocycles. The van der Waals surface area contributed by atoms with Crippen LogP contribution in [-0.4, -0.2) is 24.1 Å². The quantitative estimate of drug-likeness (QED) is 0.123. The molecule has 100 heavy (non-hydrogen) atoms. The van der Waals surface area contributed by atoms with Crippen molar-refractivity contribution in [2.24, 2.45) is 0 Å². The summed E-state index contributed by atoms with van der Waals surface area (Å²) in [5.74, 6) is 0.858. The topological polar surface area (TPSA) is 161 Å². The van der Waals surface area contributed by atoms with Crippen molar-refractivity contribution in [3.63, 3.8) is 0 Å². The number of benzene rings is 12. The maximum atomic E-state index is 17.1. The molecule has 0 saturated heterocycles. The summed E-state index contributed by atoms with van der Waals surface area (Å²) in [6.07, 6.45) is -5.04. The van der Waals surface area contributed by atoms with Gasteiger partial charge in [-0.2, -0.15) is 34.2 Å². The normalized spacial score (nSPS) is 11.1. The molecule has 0 saturated carbocycles. The van der Waals surface area contributed by atoms with Gasteiger partial charge in [-0.25, -0.2) is 34.3 Å². The standard InChI is InChI=1S/C84H40F3N13/c1-92-64-32-49(45-88)28-60(36-64)55-19-24-74-70(40-55)71-41-56(61-29-50(46-89)33-65(37-61)93-2)20-25-75(71)99(74)78-17-11-16-68(80(78)84(85,86)87)59-18-23-69(83-97-81(53-12-7-5-8-13-53)96-82(98-83)54-14-9-6-10-15-54)79(44-59)100-76-26-21-57(62-30-51(47-90)34-66(38-62)94-3)42-72(76)73-43-58(22-27-77(73)100)63-31-52(48-91)35-67(39-63)95-4/h5-44H. The molecule has 12 aromatic carbocycles. The van der Waals surface area contributed by atoms with Crippen molar-refractivity contribution in [3.05, 3.63) is 316 Å². The molecule has 0 unspecified atom stereocenters. The first-order valence-electron chi connectivity index (χ1n) is 30.9. The average molecular weight is 1290 g/mol. The van der Waals surface area contributed by atoms with Gasteiger partial charge >= 0.3 is 6.18 Å². The van der Waals surface area contributed by atoms with Gasteiger partial charge in [0.25, 0.3) is 0 Å². The molecule has 462 valence electrons. The minimum atomic E-state index is -5.04. The second-order valence-corrected chi connectivity index (χ2v) is 23.5. The summed E-state index contributed by atoms with van der Waals surface area (Å²) in [6, 6.07) is 78.2. The van der Waals surface area contributed by atoms with Crippen molar-refractivity contribution < 1.29 is 13.2 Å². The fraction of sp³-hybridized carbons (Fsp3) is 0.0119. The van der Waals surface area contributed by atoms with Gasteiger partial charge < -0.3 is 9.13 Å². The van der Waals surface area contributed by atoms with Crippen LogP contribution in [0.4, 0.5) is 35.9 Å². The first-order valence-corrected chi connectivity index (χ1v) is 30.9. The van der Waals surface area contributed by atoms with E-state index in [0.717, 1.165) is 0 Å². The number of hydrogen-bond acceptors (Lipinski definition) is 7. The fourth-order valence-corrected chi connectivity index (χ4v) is 13.2. The molecule has 0 spiro atoms. The van der Waals surface area contributed by atoms with E-state index in [1.165, 1.54) is 36.4 Å². The van der Waals surface area contributed by atoms with Crippen LogP contribution >= 0.6 is 0 Å². The van der Waals surface area contributed by atoms with Crippen molar-refractivity contribution in [2.45, 2.75) is 6.18 Å². The summed E-state index contributed by atoms with van der Waals surface area (Å²) in [6.45, 7) is 31.5. The maximum absolute atomic E-state index is 17.1. The molecule has 15 rings (SSSR count). The van der Waals surface area contributed by atoms with Gasteiger partial charge in [-0.1, -0.05) is 103 Å². The van der Waals surface area contributed by atoms with E-state index in [-0.39, 0.29) is 67.6 Å². The van der Waals surface area contributed by atoms with Gasteiger partial charge in [-0.05, 0) is 195 Å². The zero-order chi connectivity index (χ0) is 68.9. The number of halogens is 3. The van der Waals surface area contributed by atoms with Gasteiger partial charge in [0.15, 0.2) is 40.2 Å². The summed E-state index contributed by atoms with van der Waals surface area (Å²) in [4.78, 5) is 29.9. The molecular formula is C84H40F3N13. The van der Waals surface area contributed by atoms with Gasteiger partial charge in [0.2, 0.25) is 0 Å². The lowest BCUT2D eigenvalue weighted by Gasteiger charge is -2.21. The maximum Gasteiger partial charge on any atom is 0.419 e. The Morgan fingerprint density at radius 2 is 0.640 bits per heavy atom. The van der Waals surface area contributed by atoms with Gasteiger partial charge in [0.05, 0.1) is 89.6 Å². The van der Waals surface area contributed by atoms with E-state index < -0.39 is 11.7 Å². The molecule has 0 amide bonds. The van der Waals surface area contributed by atoms with Crippen molar-refractivity contribution in [1.82, 2.24) is 24.1 Å². The number of nitriles is 4. The lowest BCUT2D eigenvalue weighted by molar-refractivity contribution is -0.136. The summed E-state index contributed by atoms with van der Waals surface area (Å²) in [5, 5.41) is 42.7. The van der Waals surface area contributed by atoms with E-state index in [2.05, 4.69) is 43.7 Å². The van der Waals surface area contributed by atoms with E-state index in [9.17, 15) is 21.0 Å². The lowest BCUT2D eigenvalue weighted by atomic mass is 9.95. The molecule has 0 atom stereocenters. The van der Waals surface area contributed by atoms with Crippen molar-refractivity contribution >= 4 is 66.4 Å². The monoisotopic (exact) mass is 1290 g/mol. The zero-order valence-electron chi connectivity index (χ0n) is 52.0. The van der Waals surface area contributed by atoms with E-state index in [1.54, 1.807) is 102 Å². The number of fused-ring (bicyclic) bond motifs is 6. The fourth-order valence-electron chi connectivity index (χ4n) is 13.2. The molecule has 0 N–H and O–H groups in total. The molecule has 15 aromatic rings. The Labute approximate surface area is 569 Å². The molecule has 0 bridgehead atoms. The van der Waals surface area contributed by atoms with Gasteiger partial charge in [0, 0.05) is 60.5 Å². The first kappa shape index (κ1) is 61.2. The van der Waals surface area contributed by atoms with Crippen molar-refractivity contribution in [1.29, 1.82) is 21.0 Å². The number of nitrogens with zero attached hydrogens (tertiary/aromatic N) is 13. The molecule has 0 fully saturated rings. The van der Waals surface area contributed by atoms with Gasteiger partial charge in [-0.15, -0.1) is 0 Å². The van der Waals surface area contributed by atoms with E-state index in [1.807, 2.05) is 114 Å². The molecule has 0 aliphatic carbocycles. The smallest absolute Gasteiger partial charge is 0.309 e. The summed E-state index contributed by atoms with van der Waals surface area (Å²) in [5.41, 5.74) is 9.64. The second-order valence-electron chi connectivity index (χ2n) is 23.5.